The Morgan fingerprint density at radius 1 is 0.683 bits per heavy atom. The normalized spacial score (nSPS) is 32.4. The molecular weight excluding hydrogens is 844 g/mol. The predicted molar refractivity (Wildman–Crippen MR) is 207 cm³/mol. The minimum Gasteiger partial charge on any atom is -0.508 e. The summed E-state index contributed by atoms with van der Waals surface area (Å²) in [5.74, 6) is -3.26. The van der Waals surface area contributed by atoms with E-state index < -0.39 is 134 Å². The molecule has 22 heteroatoms. The number of fused-ring (bicyclic) bond motifs is 1. The highest BCUT2D eigenvalue weighted by molar-refractivity contribution is 5.87. The fourth-order valence-electron chi connectivity index (χ4n) is 6.93. The van der Waals surface area contributed by atoms with Crippen LogP contribution in [0.2, 0.25) is 0 Å². The van der Waals surface area contributed by atoms with E-state index in [1.54, 1.807) is 0 Å². The average Bonchev–Trinajstić information content (AvgIpc) is 3.25. The first-order valence-corrected chi connectivity index (χ1v) is 19.3. The summed E-state index contributed by atoms with van der Waals surface area (Å²) in [5, 5.41) is 126. The Balaban J connectivity index is 1.13. The Morgan fingerprint density at radius 2 is 1.37 bits per heavy atom. The van der Waals surface area contributed by atoms with Crippen molar-refractivity contribution in [2.24, 2.45) is 0 Å². The number of phenols is 4. The Hall–Kier alpha value is -5.44. The van der Waals surface area contributed by atoms with E-state index >= 15 is 0 Å². The molecule has 4 heterocycles. The van der Waals surface area contributed by atoms with Gasteiger partial charge in [-0.05, 0) is 48.0 Å². The monoisotopic (exact) mass is 888 g/mol. The molecule has 3 saturated heterocycles. The molecule has 0 radical (unpaired) electrons. The lowest BCUT2D eigenvalue weighted by Gasteiger charge is -2.45. The summed E-state index contributed by atoms with van der Waals surface area (Å²) in [6, 6.07) is 12.5. The molecule has 0 bridgehead atoms. The van der Waals surface area contributed by atoms with Crippen molar-refractivity contribution in [2.45, 2.75) is 86.0 Å². The van der Waals surface area contributed by atoms with Gasteiger partial charge in [0.1, 0.15) is 84.9 Å². The van der Waals surface area contributed by atoms with Crippen LogP contribution in [0.4, 0.5) is 0 Å². The van der Waals surface area contributed by atoms with Gasteiger partial charge in [0.25, 0.3) is 0 Å². The van der Waals surface area contributed by atoms with Crippen molar-refractivity contribution >= 4 is 12.0 Å². The maximum atomic E-state index is 12.4. The third-order valence-corrected chi connectivity index (χ3v) is 10.5. The second kappa shape index (κ2) is 19.1. The Bertz CT molecular complexity index is 2260. The summed E-state index contributed by atoms with van der Waals surface area (Å²) in [4.78, 5) is 24.7. The van der Waals surface area contributed by atoms with Crippen LogP contribution in [-0.4, -0.2) is 173 Å². The van der Waals surface area contributed by atoms with E-state index in [0.29, 0.717) is 5.56 Å². The molecule has 14 unspecified atom stereocenters. The molecule has 7 rings (SSSR count). The zero-order valence-corrected chi connectivity index (χ0v) is 32.6. The van der Waals surface area contributed by atoms with Crippen LogP contribution in [0.15, 0.2) is 76.0 Å². The van der Waals surface area contributed by atoms with Crippen LogP contribution >= 0.6 is 0 Å². The third kappa shape index (κ3) is 10.0. The zero-order valence-electron chi connectivity index (χ0n) is 32.6. The number of carbonyl (C=O) groups excluding carboxylic acids is 1. The van der Waals surface area contributed by atoms with Gasteiger partial charge < -0.3 is 98.9 Å². The summed E-state index contributed by atoms with van der Waals surface area (Å²) in [6.45, 7) is -1.93. The largest absolute Gasteiger partial charge is 0.508 e. The number of rotatable bonds is 12. The van der Waals surface area contributed by atoms with Crippen LogP contribution in [0, 0.1) is 0 Å². The van der Waals surface area contributed by atoms with Crippen LogP contribution in [0.1, 0.15) is 5.56 Å². The van der Waals surface area contributed by atoms with Crippen LogP contribution in [0.3, 0.4) is 0 Å². The highest BCUT2D eigenvalue weighted by Gasteiger charge is 2.51. The van der Waals surface area contributed by atoms with Gasteiger partial charge in [-0.3, -0.25) is 4.79 Å². The summed E-state index contributed by atoms with van der Waals surface area (Å²) in [6.07, 6.45) is -22.7. The standard InChI is InChI=1S/C41H44O22/c42-18-5-1-16(2-6-18)3-8-29(48)56-14-27-31(50)33(52)36(55)39(61-27)58-15-28-32(51)34(53)38(63-40-35(54)30(49)24(47)13-57-40)41(62-28)60-26-12-20-22(45)10-19(43)11-25(20)59-37(26)17-4-7-21(44)23(46)9-17/h1-12,24,27-28,30-36,38-42,44-47,49-55H,13-15H2. The van der Waals surface area contributed by atoms with Crippen molar-refractivity contribution < 1.29 is 104 Å². The topological polar surface area (TPSA) is 355 Å². The molecule has 0 amide bonds. The van der Waals surface area contributed by atoms with E-state index in [1.165, 1.54) is 42.5 Å². The number of phenolic OH excluding ortho intramolecular Hbond substituents is 4. The smallest absolute Gasteiger partial charge is 0.330 e. The van der Waals surface area contributed by atoms with Crippen molar-refractivity contribution in [3.05, 3.63) is 82.5 Å². The molecular formula is C41H44O22. The first kappa shape index (κ1) is 45.6. The lowest BCUT2D eigenvalue weighted by molar-refractivity contribution is -0.353. The van der Waals surface area contributed by atoms with Crippen molar-refractivity contribution in [1.82, 2.24) is 0 Å². The Morgan fingerprint density at radius 3 is 2.10 bits per heavy atom. The van der Waals surface area contributed by atoms with E-state index in [1.807, 2.05) is 0 Å². The second-order valence-corrected chi connectivity index (χ2v) is 14.9. The molecule has 2 aromatic carbocycles. The van der Waals surface area contributed by atoms with E-state index in [0.717, 1.165) is 30.3 Å². The second-order valence-electron chi connectivity index (χ2n) is 14.9. The van der Waals surface area contributed by atoms with E-state index in [9.17, 15) is 70.9 Å². The van der Waals surface area contributed by atoms with Gasteiger partial charge in [0, 0.05) is 23.8 Å². The Labute approximate surface area is 355 Å². The minimum atomic E-state index is -2.03. The first-order valence-electron chi connectivity index (χ1n) is 19.3. The van der Waals surface area contributed by atoms with E-state index in [4.69, 9.17) is 37.6 Å². The van der Waals surface area contributed by atoms with Crippen LogP contribution in [0.25, 0.3) is 28.7 Å². The average molecular weight is 889 g/mol. The highest BCUT2D eigenvalue weighted by Crippen LogP contribution is 2.43. The van der Waals surface area contributed by atoms with Crippen LogP contribution < -0.4 is 10.2 Å². The fraction of sp³-hybridized carbons (Fsp3) is 0.415. The van der Waals surface area contributed by atoms with Gasteiger partial charge in [-0.2, -0.15) is 0 Å². The molecule has 340 valence electrons. The van der Waals surface area contributed by atoms with Gasteiger partial charge >= 0.3 is 5.97 Å². The predicted octanol–water partition coefficient (Wildman–Crippen LogP) is -2.04. The van der Waals surface area contributed by atoms with Crippen molar-refractivity contribution in [2.75, 3.05) is 19.8 Å². The number of hydrogen-bond acceptors (Lipinski definition) is 22. The number of benzene rings is 3. The number of aromatic hydroxyl groups is 4. The molecule has 63 heavy (non-hydrogen) atoms. The maximum absolute atomic E-state index is 12.4. The molecule has 14 atom stereocenters. The quantitative estimate of drug-likeness (QED) is 0.0414. The summed E-state index contributed by atoms with van der Waals surface area (Å²) in [7, 11) is 0. The van der Waals surface area contributed by atoms with Gasteiger partial charge in [0.15, 0.2) is 47.1 Å². The minimum absolute atomic E-state index is 0.0146. The fourth-order valence-corrected chi connectivity index (χ4v) is 6.93. The maximum Gasteiger partial charge on any atom is 0.330 e. The highest BCUT2D eigenvalue weighted by atomic mass is 16.8. The zero-order chi connectivity index (χ0) is 45.3. The molecule has 3 fully saturated rings. The number of hydrogen-bond donors (Lipinski definition) is 12. The lowest BCUT2D eigenvalue weighted by atomic mass is 9.97. The molecule has 4 aliphatic heterocycles. The van der Waals surface area contributed by atoms with Crippen molar-refractivity contribution in [3.63, 3.8) is 0 Å². The van der Waals surface area contributed by atoms with Crippen LogP contribution in [-0.2, 0) is 33.2 Å². The molecule has 12 N–H and O–H groups in total. The van der Waals surface area contributed by atoms with E-state index in [-0.39, 0.29) is 34.1 Å². The van der Waals surface area contributed by atoms with Crippen molar-refractivity contribution in [3.8, 4) is 51.4 Å². The van der Waals surface area contributed by atoms with Gasteiger partial charge in [-0.25, -0.2) is 4.79 Å². The number of esters is 1. The molecule has 2 aromatic rings. The molecule has 0 saturated carbocycles. The van der Waals surface area contributed by atoms with Crippen LogP contribution in [0.5, 0.6) is 28.7 Å². The first-order chi connectivity index (χ1) is 30.0. The molecule has 0 spiro atoms. The summed E-state index contributed by atoms with van der Waals surface area (Å²) >= 11 is 0. The molecule has 5 aliphatic rings. The third-order valence-electron chi connectivity index (χ3n) is 10.5. The van der Waals surface area contributed by atoms with Crippen molar-refractivity contribution in [1.29, 1.82) is 0 Å². The summed E-state index contributed by atoms with van der Waals surface area (Å²) < 4.78 is 45.8. The molecule has 0 aromatic heterocycles. The molecule has 1 aliphatic carbocycles. The number of aliphatic hydroxyl groups is 8. The van der Waals surface area contributed by atoms with Gasteiger partial charge in [-0.1, -0.05) is 12.1 Å². The van der Waals surface area contributed by atoms with Gasteiger partial charge in [0.2, 0.25) is 6.29 Å². The number of aliphatic hydroxyl groups excluding tert-OH is 8. The molecule has 22 nitrogen and oxygen atoms in total. The number of carbonyl (C=O) groups is 1. The Kier molecular flexibility index (Phi) is 13.8. The SMILES string of the molecule is O=C(C=Cc1ccc(O)cc1)OCC1OC(OCC2OC(Oc3cc4c(O)cc(=O)cc-4oc3-c3ccc(O)c(O)c3)C(OC3OCC(O)C(O)C3O)C(O)C2O)C(O)C(O)C1O. The van der Waals surface area contributed by atoms with E-state index in [2.05, 4.69) is 0 Å². The van der Waals surface area contributed by atoms with Gasteiger partial charge in [-0.15, -0.1) is 0 Å². The summed E-state index contributed by atoms with van der Waals surface area (Å²) in [5.41, 5.74) is -0.130. The lowest BCUT2D eigenvalue weighted by Crippen LogP contribution is -2.64. The number of ether oxygens (including phenoxy) is 7. The van der Waals surface area contributed by atoms with Gasteiger partial charge in [0.05, 0.1) is 18.8 Å².